The van der Waals surface area contributed by atoms with Crippen molar-refractivity contribution in [1.29, 1.82) is 0 Å². The van der Waals surface area contributed by atoms with Crippen molar-refractivity contribution < 1.29 is 14.6 Å². The van der Waals surface area contributed by atoms with Crippen molar-refractivity contribution in [3.05, 3.63) is 18.6 Å². The maximum absolute atomic E-state index is 9.78. The Bertz CT molecular complexity index is 831. The van der Waals surface area contributed by atoms with Gasteiger partial charge in [-0.1, -0.05) is 0 Å². The minimum absolute atomic E-state index is 0.0528. The van der Waals surface area contributed by atoms with Crippen LogP contribution in [0.15, 0.2) is 23.6 Å². The number of hydrogen-bond donors (Lipinski definition) is 1. The fourth-order valence-corrected chi connectivity index (χ4v) is 4.01. The summed E-state index contributed by atoms with van der Waals surface area (Å²) in [6.07, 6.45) is 5.83. The molecule has 2 aromatic rings. The Labute approximate surface area is 152 Å². The van der Waals surface area contributed by atoms with E-state index < -0.39 is 5.79 Å². The molecule has 26 heavy (non-hydrogen) atoms. The molecule has 0 unspecified atom stereocenters. The predicted molar refractivity (Wildman–Crippen MR) is 97.4 cm³/mol. The van der Waals surface area contributed by atoms with Gasteiger partial charge < -0.3 is 24.0 Å². The van der Waals surface area contributed by atoms with Crippen LogP contribution in [0.3, 0.4) is 0 Å². The molecule has 3 heterocycles. The van der Waals surface area contributed by atoms with Crippen molar-refractivity contribution in [2.75, 3.05) is 20.7 Å². The molecular weight excluding hydrogens is 334 g/mol. The summed E-state index contributed by atoms with van der Waals surface area (Å²) in [6, 6.07) is 2.04. The lowest BCUT2D eigenvalue weighted by molar-refractivity contribution is -0.161. The van der Waals surface area contributed by atoms with E-state index in [1.165, 1.54) is 6.33 Å². The molecule has 1 saturated heterocycles. The van der Waals surface area contributed by atoms with Crippen LogP contribution in [0.2, 0.25) is 0 Å². The third-order valence-corrected chi connectivity index (χ3v) is 5.04. The van der Waals surface area contributed by atoms with Crippen molar-refractivity contribution in [2.45, 2.75) is 44.3 Å². The van der Waals surface area contributed by atoms with E-state index in [0.717, 1.165) is 17.5 Å². The average Bonchev–Trinajstić information content (AvgIpc) is 3.23. The van der Waals surface area contributed by atoms with Crippen LogP contribution in [0.25, 0.3) is 11.0 Å². The molecule has 0 radical (unpaired) electrons. The van der Waals surface area contributed by atoms with Crippen molar-refractivity contribution in [3.8, 4) is 0 Å². The first-order chi connectivity index (χ1) is 12.4. The third-order valence-electron chi connectivity index (χ3n) is 5.04. The van der Waals surface area contributed by atoms with Crippen LogP contribution in [0, 0.1) is 5.92 Å². The smallest absolute Gasteiger partial charge is 0.166 e. The van der Waals surface area contributed by atoms with E-state index >= 15 is 0 Å². The van der Waals surface area contributed by atoms with Gasteiger partial charge in [0.2, 0.25) is 0 Å². The second-order valence-electron chi connectivity index (χ2n) is 7.68. The fraction of sp³-hybridized carbons (Fsp3) is 0.611. The first kappa shape index (κ1) is 17.4. The van der Waals surface area contributed by atoms with E-state index in [-0.39, 0.29) is 30.8 Å². The van der Waals surface area contributed by atoms with Crippen LogP contribution in [0.5, 0.6) is 0 Å². The Morgan fingerprint density at radius 3 is 2.85 bits per heavy atom. The highest BCUT2D eigenvalue weighted by molar-refractivity contribution is 5.87. The Kier molecular flexibility index (Phi) is 4.21. The van der Waals surface area contributed by atoms with Crippen LogP contribution in [0.4, 0.5) is 5.82 Å². The summed E-state index contributed by atoms with van der Waals surface area (Å²) in [7, 11) is 3.83. The van der Waals surface area contributed by atoms with E-state index in [4.69, 9.17) is 9.47 Å². The van der Waals surface area contributed by atoms with Crippen LogP contribution >= 0.6 is 0 Å². The maximum atomic E-state index is 9.78. The number of aliphatic hydroxyl groups excluding tert-OH is 1. The standard InChI is InChI=1S/C18H25N5O3/c1-18(2)25-14-11(8-24)7-13(15(14)26-18)23-6-5-12-16(21-10-22(3)4)19-9-20-17(12)23/h5-6,9-11,13-15,24H,7-8H2,1-4H3/t11-,13-,14-,15+/m1/s1. The number of ether oxygens (including phenoxy) is 2. The average molecular weight is 359 g/mol. The Morgan fingerprint density at radius 1 is 1.35 bits per heavy atom. The molecular formula is C18H25N5O3. The zero-order valence-corrected chi connectivity index (χ0v) is 15.5. The van der Waals surface area contributed by atoms with Gasteiger partial charge in [-0.25, -0.2) is 15.0 Å². The number of aliphatic imine (C=N–C) groups is 1. The molecule has 1 aliphatic carbocycles. The molecule has 140 valence electrons. The molecule has 8 nitrogen and oxygen atoms in total. The van der Waals surface area contributed by atoms with Crippen LogP contribution in [-0.2, 0) is 9.47 Å². The molecule has 2 fully saturated rings. The summed E-state index contributed by atoms with van der Waals surface area (Å²) in [5.41, 5.74) is 0.821. The third kappa shape index (κ3) is 2.87. The molecule has 8 heteroatoms. The van der Waals surface area contributed by atoms with Gasteiger partial charge >= 0.3 is 0 Å². The molecule has 2 aliphatic rings. The molecule has 4 rings (SSSR count). The number of aromatic nitrogens is 3. The quantitative estimate of drug-likeness (QED) is 0.661. The summed E-state index contributed by atoms with van der Waals surface area (Å²) < 4.78 is 14.3. The molecule has 1 aliphatic heterocycles. The number of rotatable bonds is 4. The zero-order chi connectivity index (χ0) is 18.5. The van der Waals surface area contributed by atoms with Gasteiger partial charge in [0.1, 0.15) is 18.1 Å². The topological polar surface area (TPSA) is 85.0 Å². The summed E-state index contributed by atoms with van der Waals surface area (Å²) in [6.45, 7) is 3.92. The van der Waals surface area contributed by atoms with Crippen molar-refractivity contribution in [1.82, 2.24) is 19.4 Å². The first-order valence-electron chi connectivity index (χ1n) is 8.88. The normalized spacial score (nSPS) is 30.3. The highest BCUT2D eigenvalue weighted by atomic mass is 16.8. The summed E-state index contributed by atoms with van der Waals surface area (Å²) in [5, 5.41) is 10.7. The van der Waals surface area contributed by atoms with Gasteiger partial charge in [-0.2, -0.15) is 0 Å². The lowest BCUT2D eigenvalue weighted by atomic mass is 10.1. The van der Waals surface area contributed by atoms with Gasteiger partial charge in [-0.3, -0.25) is 0 Å². The largest absolute Gasteiger partial charge is 0.396 e. The Morgan fingerprint density at radius 2 is 2.12 bits per heavy atom. The van der Waals surface area contributed by atoms with Crippen molar-refractivity contribution in [3.63, 3.8) is 0 Å². The minimum Gasteiger partial charge on any atom is -0.396 e. The second kappa shape index (κ2) is 6.29. The van der Waals surface area contributed by atoms with E-state index in [1.807, 2.05) is 45.1 Å². The van der Waals surface area contributed by atoms with Crippen LogP contribution in [0.1, 0.15) is 26.3 Å². The monoisotopic (exact) mass is 359 g/mol. The van der Waals surface area contributed by atoms with E-state index in [0.29, 0.717) is 5.82 Å². The lowest BCUT2D eigenvalue weighted by Crippen LogP contribution is -2.27. The van der Waals surface area contributed by atoms with Crippen molar-refractivity contribution in [2.24, 2.45) is 10.9 Å². The van der Waals surface area contributed by atoms with Gasteiger partial charge in [0, 0.05) is 32.8 Å². The lowest BCUT2D eigenvalue weighted by Gasteiger charge is -2.24. The molecule has 1 saturated carbocycles. The molecule has 4 atom stereocenters. The zero-order valence-electron chi connectivity index (χ0n) is 15.5. The molecule has 0 amide bonds. The predicted octanol–water partition coefficient (Wildman–Crippen LogP) is 1.73. The molecule has 0 aromatic carbocycles. The van der Waals surface area contributed by atoms with Gasteiger partial charge in [0.15, 0.2) is 11.6 Å². The molecule has 0 spiro atoms. The summed E-state index contributed by atoms with van der Waals surface area (Å²) >= 11 is 0. The molecule has 2 aromatic heterocycles. The number of hydrogen-bond acceptors (Lipinski definition) is 6. The number of aliphatic hydroxyl groups is 1. The SMILES string of the molecule is CN(C)C=Nc1ncnc2c1ccn2[C@@H]1C[C@H](CO)[C@H]2OC(C)(C)O[C@H]21. The highest BCUT2D eigenvalue weighted by Gasteiger charge is 2.54. The van der Waals surface area contributed by atoms with Gasteiger partial charge in [-0.15, -0.1) is 0 Å². The first-order valence-corrected chi connectivity index (χ1v) is 8.88. The molecule has 0 bridgehead atoms. The van der Waals surface area contributed by atoms with Gasteiger partial charge in [-0.05, 0) is 26.3 Å². The summed E-state index contributed by atoms with van der Waals surface area (Å²) in [5.74, 6) is 0.0532. The fourth-order valence-electron chi connectivity index (χ4n) is 4.01. The van der Waals surface area contributed by atoms with Gasteiger partial charge in [0.05, 0.1) is 23.9 Å². The van der Waals surface area contributed by atoms with E-state index in [9.17, 15) is 5.11 Å². The van der Waals surface area contributed by atoms with Crippen LogP contribution in [-0.4, -0.2) is 69.6 Å². The maximum Gasteiger partial charge on any atom is 0.166 e. The highest BCUT2D eigenvalue weighted by Crippen LogP contribution is 2.47. The Hall–Kier alpha value is -2.03. The molecule has 1 N–H and O–H groups in total. The number of nitrogens with zero attached hydrogens (tertiary/aromatic N) is 5. The summed E-state index contributed by atoms with van der Waals surface area (Å²) in [4.78, 5) is 15.1. The van der Waals surface area contributed by atoms with E-state index in [1.54, 1.807) is 6.34 Å². The van der Waals surface area contributed by atoms with Gasteiger partial charge in [0.25, 0.3) is 0 Å². The van der Waals surface area contributed by atoms with Crippen molar-refractivity contribution >= 4 is 23.2 Å². The van der Waals surface area contributed by atoms with E-state index in [2.05, 4.69) is 19.5 Å². The second-order valence-corrected chi connectivity index (χ2v) is 7.68. The Balaban J connectivity index is 1.72. The minimum atomic E-state index is -0.638. The van der Waals surface area contributed by atoms with Crippen LogP contribution < -0.4 is 0 Å². The number of fused-ring (bicyclic) bond motifs is 2.